The second kappa shape index (κ2) is 13.4. The van der Waals surface area contributed by atoms with Gasteiger partial charge in [-0.15, -0.1) is 0 Å². The normalized spacial score (nSPS) is 14.5. The molecule has 1 amide bonds. The molecule has 7 nitrogen and oxygen atoms in total. The van der Waals surface area contributed by atoms with Crippen LogP contribution in [0.25, 0.3) is 6.08 Å². The quantitative estimate of drug-likeness (QED) is 0.200. The topological polar surface area (TPSA) is 81.9 Å². The smallest absolute Gasteiger partial charge is 0.271 e. The predicted octanol–water partition coefficient (Wildman–Crippen LogP) is 6.51. The van der Waals surface area contributed by atoms with Crippen LogP contribution in [0.4, 0.5) is 5.69 Å². The van der Waals surface area contributed by atoms with Gasteiger partial charge < -0.3 is 14.8 Å². The molecule has 0 saturated heterocycles. The molecule has 2 heterocycles. The largest absolute Gasteiger partial charge is 0.494 e. The highest BCUT2D eigenvalue weighted by Gasteiger charge is 2.32. The molecule has 0 aliphatic carbocycles. The number of hydrogen-bond donors (Lipinski definition) is 1. The molecule has 1 N–H and O–H groups in total. The van der Waals surface area contributed by atoms with E-state index in [-0.39, 0.29) is 11.5 Å². The van der Waals surface area contributed by atoms with E-state index in [0.29, 0.717) is 56.0 Å². The summed E-state index contributed by atoms with van der Waals surface area (Å²) >= 11 is 7.27. The average molecular weight is 636 g/mol. The van der Waals surface area contributed by atoms with Crippen molar-refractivity contribution in [1.29, 1.82) is 0 Å². The van der Waals surface area contributed by atoms with E-state index in [1.807, 2.05) is 116 Å². The van der Waals surface area contributed by atoms with Gasteiger partial charge in [-0.1, -0.05) is 77.5 Å². The third-order valence-electron chi connectivity index (χ3n) is 7.30. The Morgan fingerprint density at radius 1 is 0.933 bits per heavy atom. The van der Waals surface area contributed by atoms with Gasteiger partial charge in [-0.2, -0.15) is 0 Å². The Morgan fingerprint density at radius 2 is 1.60 bits per heavy atom. The Kier molecular flexibility index (Phi) is 8.96. The number of carbonyl (C=O) groups is 1. The number of carbonyl (C=O) groups excluding carboxylic acids is 1. The average Bonchev–Trinajstić information content (AvgIpc) is 3.35. The molecular formula is C36H30ClN3O4S. The Morgan fingerprint density at radius 3 is 2.29 bits per heavy atom. The first-order chi connectivity index (χ1) is 21.9. The molecule has 0 radical (unpaired) electrons. The number of nitrogens with one attached hydrogen (secondary N) is 1. The zero-order chi connectivity index (χ0) is 31.3. The highest BCUT2D eigenvalue weighted by molar-refractivity contribution is 7.07. The van der Waals surface area contributed by atoms with Crippen molar-refractivity contribution in [3.63, 3.8) is 0 Å². The van der Waals surface area contributed by atoms with Crippen molar-refractivity contribution in [2.24, 2.45) is 4.99 Å². The molecule has 0 bridgehead atoms. The van der Waals surface area contributed by atoms with Crippen molar-refractivity contribution in [3.05, 3.63) is 156 Å². The molecule has 0 fully saturated rings. The number of nitrogens with zero attached hydrogens (tertiary/aromatic N) is 2. The maximum atomic E-state index is 14.0. The summed E-state index contributed by atoms with van der Waals surface area (Å²) in [5.74, 6) is 1.11. The number of fused-ring (bicyclic) bond motifs is 1. The monoisotopic (exact) mass is 635 g/mol. The van der Waals surface area contributed by atoms with Crippen LogP contribution in [0.2, 0.25) is 5.02 Å². The number of thiazole rings is 1. The molecule has 9 heteroatoms. The lowest BCUT2D eigenvalue weighted by Crippen LogP contribution is -2.40. The van der Waals surface area contributed by atoms with E-state index in [2.05, 4.69) is 5.32 Å². The van der Waals surface area contributed by atoms with Gasteiger partial charge in [-0.3, -0.25) is 14.2 Å². The fraction of sp³-hybridized carbons (Fsp3) is 0.139. The molecule has 226 valence electrons. The number of allylic oxidation sites excluding steroid dienone is 1. The van der Waals surface area contributed by atoms with Crippen LogP contribution in [0.3, 0.4) is 0 Å². The molecule has 1 aromatic heterocycles. The molecule has 1 atom stereocenters. The molecular weight excluding hydrogens is 606 g/mol. The van der Waals surface area contributed by atoms with Crippen molar-refractivity contribution in [1.82, 2.24) is 4.57 Å². The Bertz CT molecular complexity index is 2030. The lowest BCUT2D eigenvalue weighted by atomic mass is 9.95. The third kappa shape index (κ3) is 6.77. The fourth-order valence-electron chi connectivity index (χ4n) is 5.12. The maximum Gasteiger partial charge on any atom is 0.271 e. The third-order valence-corrected chi connectivity index (χ3v) is 8.54. The van der Waals surface area contributed by atoms with E-state index in [1.54, 1.807) is 11.5 Å². The number of ether oxygens (including phenoxy) is 2. The van der Waals surface area contributed by atoms with Crippen LogP contribution in [0, 0.1) is 0 Å². The van der Waals surface area contributed by atoms with Crippen LogP contribution in [-0.4, -0.2) is 17.1 Å². The summed E-state index contributed by atoms with van der Waals surface area (Å²) in [7, 11) is 0. The second-order valence-electron chi connectivity index (χ2n) is 10.4. The number of benzene rings is 4. The second-order valence-corrected chi connectivity index (χ2v) is 11.8. The van der Waals surface area contributed by atoms with Crippen LogP contribution in [0.5, 0.6) is 11.5 Å². The fourth-order valence-corrected chi connectivity index (χ4v) is 6.29. The number of anilines is 1. The van der Waals surface area contributed by atoms with E-state index in [1.165, 1.54) is 11.3 Å². The number of aromatic nitrogens is 1. The molecule has 5 aromatic rings. The van der Waals surface area contributed by atoms with Crippen LogP contribution in [0.1, 0.15) is 36.6 Å². The number of amides is 1. The lowest BCUT2D eigenvalue weighted by molar-refractivity contribution is -0.113. The number of hydrogen-bond acceptors (Lipinski definition) is 6. The van der Waals surface area contributed by atoms with Gasteiger partial charge in [0.1, 0.15) is 18.1 Å². The minimum atomic E-state index is -0.675. The molecule has 45 heavy (non-hydrogen) atoms. The van der Waals surface area contributed by atoms with Crippen molar-refractivity contribution >= 4 is 40.6 Å². The van der Waals surface area contributed by atoms with Crippen LogP contribution < -0.4 is 29.7 Å². The van der Waals surface area contributed by atoms with Gasteiger partial charge in [0, 0.05) is 10.7 Å². The first-order valence-electron chi connectivity index (χ1n) is 14.5. The lowest BCUT2D eigenvalue weighted by Gasteiger charge is -2.25. The number of rotatable bonds is 9. The van der Waals surface area contributed by atoms with Crippen molar-refractivity contribution in [3.8, 4) is 11.5 Å². The summed E-state index contributed by atoms with van der Waals surface area (Å²) in [6, 6.07) is 31.1. The van der Waals surface area contributed by atoms with E-state index in [0.717, 1.165) is 16.7 Å². The van der Waals surface area contributed by atoms with Crippen LogP contribution in [-0.2, 0) is 11.4 Å². The molecule has 4 aromatic carbocycles. The van der Waals surface area contributed by atoms with Gasteiger partial charge in [0.15, 0.2) is 4.80 Å². The minimum absolute atomic E-state index is 0.224. The molecule has 1 aliphatic rings. The zero-order valence-electron chi connectivity index (χ0n) is 24.7. The maximum absolute atomic E-state index is 14.0. The summed E-state index contributed by atoms with van der Waals surface area (Å²) in [6.45, 7) is 4.68. The van der Waals surface area contributed by atoms with Gasteiger partial charge in [0.25, 0.3) is 11.5 Å². The minimum Gasteiger partial charge on any atom is -0.494 e. The zero-order valence-corrected chi connectivity index (χ0v) is 26.3. The first-order valence-corrected chi connectivity index (χ1v) is 15.7. The molecule has 6 rings (SSSR count). The number of para-hydroxylation sites is 1. The molecule has 0 spiro atoms. The Balaban J connectivity index is 1.34. The van der Waals surface area contributed by atoms with E-state index < -0.39 is 6.04 Å². The van der Waals surface area contributed by atoms with Crippen molar-refractivity contribution < 1.29 is 14.3 Å². The molecule has 0 saturated carbocycles. The predicted molar refractivity (Wildman–Crippen MR) is 179 cm³/mol. The summed E-state index contributed by atoms with van der Waals surface area (Å²) in [4.78, 5) is 33.0. The van der Waals surface area contributed by atoms with Gasteiger partial charge in [-0.25, -0.2) is 4.99 Å². The summed E-state index contributed by atoms with van der Waals surface area (Å²) in [5, 5.41) is 3.66. The van der Waals surface area contributed by atoms with Gasteiger partial charge >= 0.3 is 0 Å². The van der Waals surface area contributed by atoms with Crippen molar-refractivity contribution in [2.45, 2.75) is 26.5 Å². The van der Waals surface area contributed by atoms with Crippen LogP contribution >= 0.6 is 22.9 Å². The van der Waals surface area contributed by atoms with E-state index >= 15 is 0 Å². The van der Waals surface area contributed by atoms with E-state index in [9.17, 15) is 9.59 Å². The summed E-state index contributed by atoms with van der Waals surface area (Å²) in [5.41, 5.74) is 4.03. The van der Waals surface area contributed by atoms with Crippen LogP contribution in [0.15, 0.2) is 124 Å². The molecule has 0 unspecified atom stereocenters. The Hall–Kier alpha value is -4.92. The first kappa shape index (κ1) is 30.1. The molecule has 1 aliphatic heterocycles. The van der Waals surface area contributed by atoms with Gasteiger partial charge in [0.05, 0.1) is 28.5 Å². The number of halogens is 1. The summed E-state index contributed by atoms with van der Waals surface area (Å²) in [6.07, 6.45) is 1.84. The highest BCUT2D eigenvalue weighted by atomic mass is 35.5. The SMILES string of the molecule is CCOc1ccc([C@@H]2C(C(=O)Nc3ccccc3)=C(C)N=c3s/c(=C\c4ccc(OCc5ccc(Cl)cc5)cc4)c(=O)n32)cc1. The summed E-state index contributed by atoms with van der Waals surface area (Å²) < 4.78 is 13.7. The standard InChI is InChI=1S/C36H30ClN3O4S/c1-3-43-29-19-13-26(14-20-29)33-32(34(41)39-28-7-5-4-6-8-28)23(2)38-36-40(33)35(42)31(45-36)21-24-11-17-30(18-12-24)44-22-25-9-15-27(37)16-10-25/h4-21,33H,3,22H2,1-2H3,(H,39,41)/b31-21-/t33-/m1/s1. The van der Waals surface area contributed by atoms with Crippen molar-refractivity contribution in [2.75, 3.05) is 11.9 Å². The highest BCUT2D eigenvalue weighted by Crippen LogP contribution is 2.32. The van der Waals surface area contributed by atoms with Gasteiger partial charge in [-0.05, 0) is 85.1 Å². The Labute approximate surface area is 269 Å². The van der Waals surface area contributed by atoms with Gasteiger partial charge in [0.2, 0.25) is 0 Å². The van der Waals surface area contributed by atoms with E-state index in [4.69, 9.17) is 26.1 Å².